The maximum atomic E-state index is 12.6. The molecule has 2 N–H and O–H groups in total. The molecule has 0 amide bonds. The zero-order valence-corrected chi connectivity index (χ0v) is 14.6. The van der Waals surface area contributed by atoms with Gasteiger partial charge < -0.3 is 19.7 Å². The van der Waals surface area contributed by atoms with Gasteiger partial charge in [-0.25, -0.2) is 9.59 Å². The third-order valence-electron chi connectivity index (χ3n) is 5.59. The number of cyclic esters (lactones) is 1. The van der Waals surface area contributed by atoms with Gasteiger partial charge in [-0.05, 0) is 25.3 Å². The first-order valence-electron chi connectivity index (χ1n) is 8.70. The van der Waals surface area contributed by atoms with Crippen molar-refractivity contribution in [2.24, 2.45) is 5.92 Å². The second kappa shape index (κ2) is 6.90. The number of nitrogens with zero attached hydrogens (tertiary/aromatic N) is 1. The van der Waals surface area contributed by atoms with Crippen molar-refractivity contribution in [3.8, 4) is 0 Å². The number of hydrogen-bond acceptors (Lipinski definition) is 7. The number of allylic oxidation sites excluding steroid dienone is 1. The van der Waals surface area contributed by atoms with Crippen LogP contribution in [0.3, 0.4) is 0 Å². The van der Waals surface area contributed by atoms with Gasteiger partial charge in [0.25, 0.3) is 0 Å². The first-order valence-corrected chi connectivity index (χ1v) is 8.70. The highest BCUT2D eigenvalue weighted by Gasteiger charge is 2.46. The van der Waals surface area contributed by atoms with Crippen LogP contribution in [0.4, 0.5) is 0 Å². The van der Waals surface area contributed by atoms with Crippen molar-refractivity contribution in [3.63, 3.8) is 0 Å². The minimum Gasteiger partial charge on any atom is -0.459 e. The lowest BCUT2D eigenvalue weighted by Crippen LogP contribution is -2.50. The van der Waals surface area contributed by atoms with Crippen LogP contribution in [0, 0.1) is 5.92 Å². The first kappa shape index (κ1) is 18.1. The summed E-state index contributed by atoms with van der Waals surface area (Å²) in [7, 11) is 0. The average molecular weight is 351 g/mol. The van der Waals surface area contributed by atoms with Crippen LogP contribution in [-0.2, 0) is 19.1 Å². The fourth-order valence-electron chi connectivity index (χ4n) is 3.85. The van der Waals surface area contributed by atoms with Gasteiger partial charge >= 0.3 is 11.9 Å². The third-order valence-corrected chi connectivity index (χ3v) is 5.59. The van der Waals surface area contributed by atoms with Gasteiger partial charge in [-0.15, -0.1) is 0 Å². The summed E-state index contributed by atoms with van der Waals surface area (Å²) in [6.07, 6.45) is 4.20. The lowest BCUT2D eigenvalue weighted by molar-refractivity contribution is -0.176. The van der Waals surface area contributed by atoms with Crippen LogP contribution in [0.25, 0.3) is 0 Å². The van der Waals surface area contributed by atoms with Gasteiger partial charge in [0, 0.05) is 24.6 Å². The van der Waals surface area contributed by atoms with Gasteiger partial charge in [-0.1, -0.05) is 19.1 Å². The number of esters is 2. The molecule has 3 aliphatic heterocycles. The molecule has 2 fully saturated rings. The number of aliphatic hydroxyl groups is 2. The Morgan fingerprint density at radius 3 is 2.88 bits per heavy atom. The topological polar surface area (TPSA) is 96.3 Å². The molecule has 0 radical (unpaired) electrons. The van der Waals surface area contributed by atoms with Gasteiger partial charge in [-0.3, -0.25) is 4.90 Å². The summed E-state index contributed by atoms with van der Waals surface area (Å²) in [5, 5.41) is 20.2. The Morgan fingerprint density at radius 1 is 1.44 bits per heavy atom. The molecule has 0 aromatic rings. The van der Waals surface area contributed by atoms with Crippen LogP contribution in [-0.4, -0.2) is 71.1 Å². The molecule has 0 unspecified atom stereocenters. The normalized spacial score (nSPS) is 38.5. The quantitative estimate of drug-likeness (QED) is 0.395. The molecule has 0 aromatic carbocycles. The molecular formula is C18H25NO6. The zero-order valence-electron chi connectivity index (χ0n) is 14.6. The predicted octanol–water partition coefficient (Wildman–Crippen LogP) is 0.165. The molecule has 0 aliphatic carbocycles. The van der Waals surface area contributed by atoms with Crippen LogP contribution in [0.1, 0.15) is 26.7 Å². The van der Waals surface area contributed by atoms with Crippen LogP contribution < -0.4 is 0 Å². The van der Waals surface area contributed by atoms with Crippen LogP contribution >= 0.6 is 0 Å². The Balaban J connectivity index is 1.93. The van der Waals surface area contributed by atoms with E-state index in [1.54, 1.807) is 19.9 Å². The molecule has 3 rings (SSSR count). The second-order valence-corrected chi connectivity index (χ2v) is 7.03. The largest absolute Gasteiger partial charge is 0.459 e. The van der Waals surface area contributed by atoms with Crippen molar-refractivity contribution in [1.82, 2.24) is 4.90 Å². The molecule has 138 valence electrons. The van der Waals surface area contributed by atoms with Crippen molar-refractivity contribution in [1.29, 1.82) is 0 Å². The Bertz CT molecular complexity index is 627. The van der Waals surface area contributed by atoms with Gasteiger partial charge in [0.15, 0.2) is 5.60 Å². The maximum absolute atomic E-state index is 12.6. The highest BCUT2D eigenvalue weighted by Crippen LogP contribution is 2.34. The highest BCUT2D eigenvalue weighted by atomic mass is 16.6. The lowest BCUT2D eigenvalue weighted by atomic mass is 9.84. The van der Waals surface area contributed by atoms with E-state index in [0.29, 0.717) is 5.57 Å². The summed E-state index contributed by atoms with van der Waals surface area (Å²) in [6, 6.07) is -0.0890. The Kier molecular flexibility index (Phi) is 4.99. The first-order chi connectivity index (χ1) is 11.9. The van der Waals surface area contributed by atoms with E-state index < -0.39 is 30.1 Å². The summed E-state index contributed by atoms with van der Waals surface area (Å²) in [4.78, 5) is 27.2. The minimum absolute atomic E-state index is 0.0273. The smallest absolute Gasteiger partial charge is 0.341 e. The van der Waals surface area contributed by atoms with Crippen LogP contribution in [0.15, 0.2) is 23.3 Å². The van der Waals surface area contributed by atoms with E-state index in [2.05, 4.69) is 4.90 Å². The van der Waals surface area contributed by atoms with Crippen molar-refractivity contribution < 1.29 is 29.3 Å². The third kappa shape index (κ3) is 3.12. The molecule has 2 saturated heterocycles. The van der Waals surface area contributed by atoms with Crippen molar-refractivity contribution in [2.75, 3.05) is 26.3 Å². The van der Waals surface area contributed by atoms with Crippen molar-refractivity contribution >= 4 is 11.9 Å². The fourth-order valence-corrected chi connectivity index (χ4v) is 3.85. The monoisotopic (exact) mass is 351 g/mol. The summed E-state index contributed by atoms with van der Waals surface area (Å²) < 4.78 is 11.1. The molecule has 3 heterocycles. The summed E-state index contributed by atoms with van der Waals surface area (Å²) in [6.45, 7) is 4.12. The molecule has 7 nitrogen and oxygen atoms in total. The second-order valence-electron chi connectivity index (χ2n) is 7.03. The molecule has 0 bridgehead atoms. The van der Waals surface area contributed by atoms with Crippen molar-refractivity contribution in [3.05, 3.63) is 23.3 Å². The summed E-state index contributed by atoms with van der Waals surface area (Å²) in [5.74, 6) is -1.99. The molecule has 0 spiro atoms. The molecule has 3 aliphatic rings. The highest BCUT2D eigenvalue weighted by molar-refractivity contribution is 5.89. The van der Waals surface area contributed by atoms with Gasteiger partial charge in [0.1, 0.15) is 12.7 Å². The number of rotatable bonds is 1. The average Bonchev–Trinajstić information content (AvgIpc) is 3.18. The maximum Gasteiger partial charge on any atom is 0.341 e. The number of ether oxygens (including phenoxy) is 2. The standard InChI is InChI=1S/C18H25NO6/c1-3-12-8-11(2)18(23,10-20)17(22)24-9-13-4-6-19-7-5-14(15(13)19)25-16(12)21/h3-4,11,14-15,20,23H,5-10H2,1-2H3/b12-3-/t11-,14+,15-,18+/m0/s1. The Morgan fingerprint density at radius 2 is 2.20 bits per heavy atom. The SMILES string of the molecule is C/C=C1/C[C@H](C)[C@](O)(CO)C(=O)OCC2=CCN3CC[C@@H](OC1=O)[C@H]23. The number of hydrogen-bond donors (Lipinski definition) is 2. The zero-order chi connectivity index (χ0) is 18.2. The van der Waals surface area contributed by atoms with Gasteiger partial charge in [-0.2, -0.15) is 0 Å². The van der Waals surface area contributed by atoms with Crippen molar-refractivity contribution in [2.45, 2.75) is 44.4 Å². The molecule has 0 saturated carbocycles. The summed E-state index contributed by atoms with van der Waals surface area (Å²) in [5.41, 5.74) is -0.796. The van der Waals surface area contributed by atoms with E-state index in [9.17, 15) is 19.8 Å². The van der Waals surface area contributed by atoms with Crippen LogP contribution in [0.5, 0.6) is 0 Å². The van der Waals surface area contributed by atoms with E-state index in [0.717, 1.165) is 25.1 Å². The molecule has 25 heavy (non-hydrogen) atoms. The molecular weight excluding hydrogens is 326 g/mol. The Hall–Kier alpha value is -1.70. The lowest BCUT2D eigenvalue weighted by Gasteiger charge is -2.32. The molecule has 4 atom stereocenters. The number of carbonyl (C=O) groups excluding carboxylic acids is 2. The van der Waals surface area contributed by atoms with E-state index in [-0.39, 0.29) is 25.2 Å². The molecule has 0 aromatic heterocycles. The van der Waals surface area contributed by atoms with Gasteiger partial charge in [0.05, 0.1) is 12.6 Å². The van der Waals surface area contributed by atoms with E-state index in [1.807, 2.05) is 6.08 Å². The predicted molar refractivity (Wildman–Crippen MR) is 88.5 cm³/mol. The van der Waals surface area contributed by atoms with Crippen LogP contribution in [0.2, 0.25) is 0 Å². The van der Waals surface area contributed by atoms with E-state index in [1.165, 1.54) is 0 Å². The van der Waals surface area contributed by atoms with E-state index in [4.69, 9.17) is 9.47 Å². The summed E-state index contributed by atoms with van der Waals surface area (Å²) >= 11 is 0. The van der Waals surface area contributed by atoms with E-state index >= 15 is 0 Å². The van der Waals surface area contributed by atoms with Gasteiger partial charge in [0.2, 0.25) is 0 Å². The number of aliphatic hydroxyl groups excluding tert-OH is 1. The Labute approximate surface area is 146 Å². The fraction of sp³-hybridized carbons (Fsp3) is 0.667. The number of carbonyl (C=O) groups is 2. The minimum atomic E-state index is -2.05. The molecule has 7 heteroatoms.